The summed E-state index contributed by atoms with van der Waals surface area (Å²) in [6.07, 6.45) is 0.929. The smallest absolute Gasteiger partial charge is 0.123 e. The van der Waals surface area contributed by atoms with Crippen LogP contribution in [0.25, 0.3) is 10.6 Å². The highest BCUT2D eigenvalue weighted by Crippen LogP contribution is 2.31. The summed E-state index contributed by atoms with van der Waals surface area (Å²) in [5.41, 5.74) is 9.12. The first-order valence-corrected chi connectivity index (χ1v) is 6.84. The van der Waals surface area contributed by atoms with Gasteiger partial charge in [0.25, 0.3) is 0 Å². The molecular weight excluding hydrogens is 244 g/mol. The summed E-state index contributed by atoms with van der Waals surface area (Å²) in [6, 6.07) is 6.14. The van der Waals surface area contributed by atoms with E-state index in [1.54, 1.807) is 18.4 Å². The summed E-state index contributed by atoms with van der Waals surface area (Å²) in [7, 11) is 1.69. The largest absolute Gasteiger partial charge is 0.496 e. The van der Waals surface area contributed by atoms with Gasteiger partial charge in [0.1, 0.15) is 10.8 Å². The minimum absolute atomic E-state index is 0.565. The summed E-state index contributed by atoms with van der Waals surface area (Å²) in [4.78, 5) is 5.85. The Balaban J connectivity index is 2.42. The number of nitrogens with zero attached hydrogens (tertiary/aromatic N) is 1. The molecule has 0 bridgehead atoms. The van der Waals surface area contributed by atoms with Crippen LogP contribution in [0.1, 0.15) is 23.1 Å². The van der Waals surface area contributed by atoms with Gasteiger partial charge in [-0.25, -0.2) is 4.98 Å². The van der Waals surface area contributed by atoms with E-state index < -0.39 is 0 Å². The number of ether oxygens (including phenoxy) is 1. The number of rotatable bonds is 4. The molecule has 4 heteroatoms. The second-order valence-corrected chi connectivity index (χ2v) is 5.21. The standard InChI is InChI=1S/C14H18N2OS/c1-4-11-13(8-15)18-14(16-11)10-5-6-12(17-3)9(2)7-10/h5-7H,4,8,15H2,1-3H3. The number of benzene rings is 1. The Bertz CT molecular complexity index is 527. The predicted octanol–water partition coefficient (Wildman–Crippen LogP) is 3.15. The topological polar surface area (TPSA) is 48.1 Å². The minimum Gasteiger partial charge on any atom is -0.496 e. The summed E-state index contributed by atoms with van der Waals surface area (Å²) in [5.74, 6) is 0.907. The molecule has 0 saturated heterocycles. The Morgan fingerprint density at radius 3 is 2.67 bits per heavy atom. The lowest BCUT2D eigenvalue weighted by molar-refractivity contribution is 0.412. The zero-order chi connectivity index (χ0) is 13.1. The molecule has 0 radical (unpaired) electrons. The molecule has 0 aliphatic heterocycles. The third kappa shape index (κ3) is 2.40. The van der Waals surface area contributed by atoms with Gasteiger partial charge in [-0.2, -0.15) is 0 Å². The normalized spacial score (nSPS) is 10.7. The van der Waals surface area contributed by atoms with E-state index in [1.807, 2.05) is 19.1 Å². The Labute approximate surface area is 112 Å². The molecule has 1 aromatic carbocycles. The molecule has 0 spiro atoms. The van der Waals surface area contributed by atoms with Crippen molar-refractivity contribution in [1.29, 1.82) is 0 Å². The molecule has 0 amide bonds. The van der Waals surface area contributed by atoms with Crippen molar-refractivity contribution < 1.29 is 4.74 Å². The monoisotopic (exact) mass is 262 g/mol. The fourth-order valence-electron chi connectivity index (χ4n) is 1.95. The SMILES string of the molecule is CCc1nc(-c2ccc(OC)c(C)c2)sc1CN. The maximum atomic E-state index is 5.74. The molecule has 2 N–H and O–H groups in total. The number of nitrogens with two attached hydrogens (primary N) is 1. The van der Waals surface area contributed by atoms with Crippen LogP contribution in [0.3, 0.4) is 0 Å². The number of aromatic nitrogens is 1. The van der Waals surface area contributed by atoms with E-state index >= 15 is 0 Å². The van der Waals surface area contributed by atoms with Crippen LogP contribution in [0, 0.1) is 6.92 Å². The van der Waals surface area contributed by atoms with Gasteiger partial charge < -0.3 is 10.5 Å². The summed E-state index contributed by atoms with van der Waals surface area (Å²) < 4.78 is 5.27. The van der Waals surface area contributed by atoms with Crippen molar-refractivity contribution in [2.24, 2.45) is 5.73 Å². The molecule has 0 unspecified atom stereocenters. The zero-order valence-corrected chi connectivity index (χ0v) is 11.8. The van der Waals surface area contributed by atoms with Gasteiger partial charge in [0, 0.05) is 17.0 Å². The van der Waals surface area contributed by atoms with Crippen LogP contribution >= 0.6 is 11.3 Å². The van der Waals surface area contributed by atoms with Gasteiger partial charge in [0.2, 0.25) is 0 Å². The highest BCUT2D eigenvalue weighted by Gasteiger charge is 2.11. The van der Waals surface area contributed by atoms with Crippen LogP contribution < -0.4 is 10.5 Å². The first kappa shape index (κ1) is 13.1. The van der Waals surface area contributed by atoms with Crippen molar-refractivity contribution in [3.8, 4) is 16.3 Å². The van der Waals surface area contributed by atoms with Crippen molar-refractivity contribution in [2.45, 2.75) is 26.8 Å². The molecule has 0 saturated carbocycles. The van der Waals surface area contributed by atoms with E-state index in [2.05, 4.69) is 18.0 Å². The average molecular weight is 262 g/mol. The van der Waals surface area contributed by atoms with E-state index in [-0.39, 0.29) is 0 Å². The molecule has 1 aromatic heterocycles. The van der Waals surface area contributed by atoms with Crippen LogP contribution in [-0.2, 0) is 13.0 Å². The number of methoxy groups -OCH3 is 1. The van der Waals surface area contributed by atoms with Gasteiger partial charge in [0.15, 0.2) is 0 Å². The van der Waals surface area contributed by atoms with Crippen LogP contribution in [0.4, 0.5) is 0 Å². The third-order valence-electron chi connectivity index (χ3n) is 2.94. The number of hydrogen-bond acceptors (Lipinski definition) is 4. The molecule has 0 aliphatic rings. The summed E-state index contributed by atoms with van der Waals surface area (Å²) >= 11 is 1.68. The lowest BCUT2D eigenvalue weighted by atomic mass is 10.1. The lowest BCUT2D eigenvalue weighted by Crippen LogP contribution is -1.96. The van der Waals surface area contributed by atoms with Gasteiger partial charge in [0.05, 0.1) is 12.8 Å². The van der Waals surface area contributed by atoms with Crippen LogP contribution in [0.2, 0.25) is 0 Å². The fourth-order valence-corrected chi connectivity index (χ4v) is 2.98. The van der Waals surface area contributed by atoms with Crippen molar-refractivity contribution >= 4 is 11.3 Å². The molecule has 3 nitrogen and oxygen atoms in total. The number of hydrogen-bond donors (Lipinski definition) is 1. The lowest BCUT2D eigenvalue weighted by Gasteiger charge is -2.05. The van der Waals surface area contributed by atoms with Gasteiger partial charge in [-0.3, -0.25) is 0 Å². The predicted molar refractivity (Wildman–Crippen MR) is 76.1 cm³/mol. The Hall–Kier alpha value is -1.39. The molecule has 0 aliphatic carbocycles. The molecule has 0 fully saturated rings. The number of thiazole rings is 1. The molecule has 2 aromatic rings. The van der Waals surface area contributed by atoms with Gasteiger partial charge in [-0.15, -0.1) is 11.3 Å². The third-order valence-corrected chi connectivity index (χ3v) is 4.11. The zero-order valence-electron chi connectivity index (χ0n) is 11.0. The minimum atomic E-state index is 0.565. The molecule has 96 valence electrons. The van der Waals surface area contributed by atoms with E-state index in [1.165, 1.54) is 4.88 Å². The van der Waals surface area contributed by atoms with E-state index in [4.69, 9.17) is 10.5 Å². The van der Waals surface area contributed by atoms with Gasteiger partial charge >= 0.3 is 0 Å². The molecule has 0 atom stereocenters. The maximum absolute atomic E-state index is 5.74. The highest BCUT2D eigenvalue weighted by atomic mass is 32.1. The van der Waals surface area contributed by atoms with Crippen molar-refractivity contribution in [3.63, 3.8) is 0 Å². The van der Waals surface area contributed by atoms with Crippen LogP contribution in [0.15, 0.2) is 18.2 Å². The molecule has 2 rings (SSSR count). The molecule has 18 heavy (non-hydrogen) atoms. The summed E-state index contributed by atoms with van der Waals surface area (Å²) in [5, 5.41) is 1.04. The second kappa shape index (κ2) is 5.50. The average Bonchev–Trinajstić information content (AvgIpc) is 2.81. The Kier molecular flexibility index (Phi) is 3.99. The first-order valence-electron chi connectivity index (χ1n) is 6.03. The fraction of sp³-hybridized carbons (Fsp3) is 0.357. The number of aryl methyl sites for hydroxylation is 2. The molecular formula is C14H18N2OS. The second-order valence-electron chi connectivity index (χ2n) is 4.13. The summed E-state index contributed by atoms with van der Waals surface area (Å²) in [6.45, 7) is 4.72. The highest BCUT2D eigenvalue weighted by molar-refractivity contribution is 7.15. The Morgan fingerprint density at radius 2 is 2.17 bits per heavy atom. The van der Waals surface area contributed by atoms with Gasteiger partial charge in [-0.05, 0) is 37.1 Å². The van der Waals surface area contributed by atoms with Crippen molar-refractivity contribution in [2.75, 3.05) is 7.11 Å². The van der Waals surface area contributed by atoms with Gasteiger partial charge in [-0.1, -0.05) is 6.92 Å². The van der Waals surface area contributed by atoms with Crippen molar-refractivity contribution in [3.05, 3.63) is 34.3 Å². The quantitative estimate of drug-likeness (QED) is 0.920. The Morgan fingerprint density at radius 1 is 1.39 bits per heavy atom. The van der Waals surface area contributed by atoms with Crippen molar-refractivity contribution in [1.82, 2.24) is 4.98 Å². The van der Waals surface area contributed by atoms with Crippen LogP contribution in [-0.4, -0.2) is 12.1 Å². The first-order chi connectivity index (χ1) is 8.69. The van der Waals surface area contributed by atoms with E-state index in [9.17, 15) is 0 Å². The van der Waals surface area contributed by atoms with Crippen LogP contribution in [0.5, 0.6) is 5.75 Å². The van der Waals surface area contributed by atoms with E-state index in [0.29, 0.717) is 6.54 Å². The van der Waals surface area contributed by atoms with E-state index in [0.717, 1.165) is 34.0 Å². The molecule has 1 heterocycles. The maximum Gasteiger partial charge on any atom is 0.123 e.